The van der Waals surface area contributed by atoms with Crippen molar-refractivity contribution in [2.24, 2.45) is 5.92 Å². The Morgan fingerprint density at radius 2 is 2.00 bits per heavy atom. The smallest absolute Gasteiger partial charge is 0.118 e. The first-order chi connectivity index (χ1) is 7.35. The molecule has 0 aliphatic heterocycles. The van der Waals surface area contributed by atoms with E-state index < -0.39 is 0 Å². The molecular formula is C14H20O. The van der Waals surface area contributed by atoms with Gasteiger partial charge in [0.1, 0.15) is 5.75 Å². The molecule has 1 nitrogen and oxygen atoms in total. The van der Waals surface area contributed by atoms with Gasteiger partial charge in [0.25, 0.3) is 0 Å². The van der Waals surface area contributed by atoms with Crippen molar-refractivity contribution in [1.29, 1.82) is 0 Å². The van der Waals surface area contributed by atoms with Crippen molar-refractivity contribution < 1.29 is 4.74 Å². The maximum Gasteiger partial charge on any atom is 0.118 e. The van der Waals surface area contributed by atoms with Gasteiger partial charge in [-0.1, -0.05) is 31.9 Å². The Balaban J connectivity index is 1.89. The second-order valence-electron chi connectivity index (χ2n) is 4.52. The molecule has 2 rings (SSSR count). The molecule has 2 atom stereocenters. The minimum Gasteiger partial charge on any atom is -0.497 e. The average Bonchev–Trinajstić information content (AvgIpc) is 3.06. The van der Waals surface area contributed by atoms with E-state index in [-0.39, 0.29) is 0 Å². The summed E-state index contributed by atoms with van der Waals surface area (Å²) in [6.45, 7) is 2.27. The lowest BCUT2D eigenvalue weighted by molar-refractivity contribution is 0.414. The maximum atomic E-state index is 5.16. The highest BCUT2D eigenvalue weighted by Gasteiger charge is 2.37. The van der Waals surface area contributed by atoms with Gasteiger partial charge in [0, 0.05) is 0 Å². The molecule has 1 aromatic rings. The third kappa shape index (κ3) is 2.53. The fourth-order valence-electron chi connectivity index (χ4n) is 2.29. The van der Waals surface area contributed by atoms with E-state index in [1.54, 1.807) is 7.11 Å². The predicted octanol–water partition coefficient (Wildman–Crippen LogP) is 3.99. The SMILES string of the molecule is CCCC[C@H]1C[C@@H]1c1ccc(OC)cc1. The second kappa shape index (κ2) is 4.69. The van der Waals surface area contributed by atoms with E-state index in [1.807, 2.05) is 0 Å². The van der Waals surface area contributed by atoms with Crippen LogP contribution in [0.2, 0.25) is 0 Å². The largest absolute Gasteiger partial charge is 0.497 e. The van der Waals surface area contributed by atoms with Gasteiger partial charge in [-0.25, -0.2) is 0 Å². The van der Waals surface area contributed by atoms with Crippen LogP contribution >= 0.6 is 0 Å². The normalized spacial score (nSPS) is 23.9. The maximum absolute atomic E-state index is 5.16. The van der Waals surface area contributed by atoms with Crippen LogP contribution in [0.15, 0.2) is 24.3 Å². The highest BCUT2D eigenvalue weighted by atomic mass is 16.5. The summed E-state index contributed by atoms with van der Waals surface area (Å²) in [5.41, 5.74) is 1.50. The molecule has 1 aliphatic rings. The summed E-state index contributed by atoms with van der Waals surface area (Å²) in [5.74, 6) is 2.75. The highest BCUT2D eigenvalue weighted by Crippen LogP contribution is 2.50. The van der Waals surface area contributed by atoms with E-state index in [9.17, 15) is 0 Å². The fraction of sp³-hybridized carbons (Fsp3) is 0.571. The molecule has 0 spiro atoms. The Hall–Kier alpha value is -0.980. The summed E-state index contributed by atoms with van der Waals surface area (Å²) in [6.07, 6.45) is 5.52. The predicted molar refractivity (Wildman–Crippen MR) is 63.4 cm³/mol. The molecule has 0 heterocycles. The summed E-state index contributed by atoms with van der Waals surface area (Å²) < 4.78 is 5.16. The van der Waals surface area contributed by atoms with Crippen molar-refractivity contribution >= 4 is 0 Å². The summed E-state index contributed by atoms with van der Waals surface area (Å²) >= 11 is 0. The van der Waals surface area contributed by atoms with Crippen LogP contribution in [0.3, 0.4) is 0 Å². The molecule has 0 radical (unpaired) electrons. The minimum absolute atomic E-state index is 0.836. The Kier molecular flexibility index (Phi) is 3.30. The lowest BCUT2D eigenvalue weighted by Crippen LogP contribution is -1.86. The van der Waals surface area contributed by atoms with Crippen LogP contribution in [0, 0.1) is 5.92 Å². The second-order valence-corrected chi connectivity index (χ2v) is 4.52. The first kappa shape index (κ1) is 10.5. The lowest BCUT2D eigenvalue weighted by Gasteiger charge is -2.02. The molecule has 1 aromatic carbocycles. The van der Waals surface area contributed by atoms with Gasteiger partial charge < -0.3 is 4.74 Å². The lowest BCUT2D eigenvalue weighted by atomic mass is 10.1. The van der Waals surface area contributed by atoms with E-state index in [0.717, 1.165) is 17.6 Å². The average molecular weight is 204 g/mol. The molecule has 1 fully saturated rings. The van der Waals surface area contributed by atoms with Gasteiger partial charge in [-0.15, -0.1) is 0 Å². The zero-order valence-corrected chi connectivity index (χ0v) is 9.70. The zero-order chi connectivity index (χ0) is 10.7. The Morgan fingerprint density at radius 1 is 1.27 bits per heavy atom. The highest BCUT2D eigenvalue weighted by molar-refractivity contribution is 5.32. The van der Waals surface area contributed by atoms with Gasteiger partial charge >= 0.3 is 0 Å². The molecule has 1 heteroatoms. The van der Waals surface area contributed by atoms with Crippen molar-refractivity contribution in [3.05, 3.63) is 29.8 Å². The van der Waals surface area contributed by atoms with Crippen molar-refractivity contribution in [1.82, 2.24) is 0 Å². The standard InChI is InChI=1S/C14H20O/c1-3-4-5-12-10-14(12)11-6-8-13(15-2)9-7-11/h6-9,12,14H,3-5,10H2,1-2H3/t12-,14+/m0/s1. The van der Waals surface area contributed by atoms with E-state index in [0.29, 0.717) is 0 Å². The Morgan fingerprint density at radius 3 is 2.60 bits per heavy atom. The van der Waals surface area contributed by atoms with Gasteiger partial charge in [0.05, 0.1) is 7.11 Å². The van der Waals surface area contributed by atoms with Crippen molar-refractivity contribution in [3.8, 4) is 5.75 Å². The van der Waals surface area contributed by atoms with Gasteiger partial charge in [0.15, 0.2) is 0 Å². The molecule has 1 saturated carbocycles. The fourth-order valence-corrected chi connectivity index (χ4v) is 2.29. The molecule has 0 saturated heterocycles. The van der Waals surface area contributed by atoms with Crippen molar-refractivity contribution in [2.75, 3.05) is 7.11 Å². The Bertz CT molecular complexity index is 302. The number of unbranched alkanes of at least 4 members (excludes halogenated alkanes) is 1. The number of hydrogen-bond acceptors (Lipinski definition) is 1. The summed E-state index contributed by atoms with van der Waals surface area (Å²) in [5, 5.41) is 0. The van der Waals surface area contributed by atoms with Gasteiger partial charge in [0.2, 0.25) is 0 Å². The molecule has 0 bridgehead atoms. The molecule has 1 aliphatic carbocycles. The number of ether oxygens (including phenoxy) is 1. The summed E-state index contributed by atoms with van der Waals surface area (Å²) in [6, 6.07) is 8.58. The zero-order valence-electron chi connectivity index (χ0n) is 9.70. The first-order valence-corrected chi connectivity index (χ1v) is 5.99. The van der Waals surface area contributed by atoms with Crippen molar-refractivity contribution in [3.63, 3.8) is 0 Å². The number of benzene rings is 1. The van der Waals surface area contributed by atoms with Gasteiger partial charge in [-0.3, -0.25) is 0 Å². The number of methoxy groups -OCH3 is 1. The van der Waals surface area contributed by atoms with Crippen LogP contribution in [0.25, 0.3) is 0 Å². The van der Waals surface area contributed by atoms with E-state index in [1.165, 1.54) is 31.2 Å². The van der Waals surface area contributed by atoms with Crippen LogP contribution in [-0.4, -0.2) is 7.11 Å². The van der Waals surface area contributed by atoms with Crippen LogP contribution in [-0.2, 0) is 0 Å². The van der Waals surface area contributed by atoms with Crippen LogP contribution in [0.4, 0.5) is 0 Å². The van der Waals surface area contributed by atoms with E-state index in [2.05, 4.69) is 31.2 Å². The molecule has 0 unspecified atom stereocenters. The summed E-state index contributed by atoms with van der Waals surface area (Å²) in [7, 11) is 1.72. The van der Waals surface area contributed by atoms with Gasteiger partial charge in [-0.2, -0.15) is 0 Å². The van der Waals surface area contributed by atoms with Crippen LogP contribution < -0.4 is 4.74 Å². The van der Waals surface area contributed by atoms with E-state index in [4.69, 9.17) is 4.74 Å². The summed E-state index contributed by atoms with van der Waals surface area (Å²) in [4.78, 5) is 0. The topological polar surface area (TPSA) is 9.23 Å². The molecular weight excluding hydrogens is 184 g/mol. The van der Waals surface area contributed by atoms with E-state index >= 15 is 0 Å². The monoisotopic (exact) mass is 204 g/mol. The minimum atomic E-state index is 0.836. The molecule has 82 valence electrons. The first-order valence-electron chi connectivity index (χ1n) is 5.99. The third-order valence-corrected chi connectivity index (χ3v) is 3.40. The van der Waals surface area contributed by atoms with Crippen LogP contribution in [0.1, 0.15) is 44.1 Å². The molecule has 0 N–H and O–H groups in total. The van der Waals surface area contributed by atoms with Crippen LogP contribution in [0.5, 0.6) is 5.75 Å². The molecule has 0 aromatic heterocycles. The quantitative estimate of drug-likeness (QED) is 0.704. The molecule has 0 amide bonds. The third-order valence-electron chi connectivity index (χ3n) is 3.40. The number of rotatable bonds is 5. The Labute approximate surface area is 92.5 Å². The van der Waals surface area contributed by atoms with Crippen molar-refractivity contribution in [2.45, 2.75) is 38.5 Å². The molecule has 15 heavy (non-hydrogen) atoms. The number of hydrogen-bond donors (Lipinski definition) is 0. The van der Waals surface area contributed by atoms with Gasteiger partial charge in [-0.05, 0) is 42.4 Å².